The molecule has 2 nitrogen and oxygen atoms in total. The molecular formula is C21H21NOP+. The molecule has 0 unspecified atom stereocenters. The summed E-state index contributed by atoms with van der Waals surface area (Å²) in [5.41, 5.74) is 5.57. The number of rotatable bonds is 5. The molecule has 0 aliphatic carbocycles. The minimum absolute atomic E-state index is 0.123. The molecule has 24 heavy (non-hydrogen) atoms. The van der Waals surface area contributed by atoms with Crippen LogP contribution in [0.15, 0.2) is 103 Å². The van der Waals surface area contributed by atoms with E-state index >= 15 is 0 Å². The number of nitrogens with two attached hydrogens (primary N) is 1. The third-order valence-corrected chi connectivity index (χ3v) is 8.43. The van der Waals surface area contributed by atoms with Crippen molar-refractivity contribution in [3.05, 3.63) is 103 Å². The molecule has 0 saturated carbocycles. The summed E-state index contributed by atoms with van der Waals surface area (Å²) in [4.78, 5) is 0. The van der Waals surface area contributed by atoms with Crippen LogP contribution in [0.4, 0.5) is 0 Å². The van der Waals surface area contributed by atoms with Crippen molar-refractivity contribution in [2.75, 3.05) is 6.16 Å². The van der Waals surface area contributed by atoms with E-state index in [0.29, 0.717) is 6.16 Å². The van der Waals surface area contributed by atoms with Crippen LogP contribution in [0.3, 0.4) is 0 Å². The van der Waals surface area contributed by atoms with Gasteiger partial charge in [0.1, 0.15) is 23.2 Å². The Bertz CT molecular complexity index is 700. The summed E-state index contributed by atoms with van der Waals surface area (Å²) in [6, 6.07) is 31.6. The van der Waals surface area contributed by atoms with Gasteiger partial charge in [0.05, 0.1) is 6.16 Å². The van der Waals surface area contributed by atoms with E-state index in [1.54, 1.807) is 6.08 Å². The van der Waals surface area contributed by atoms with Gasteiger partial charge in [-0.3, -0.25) is 0 Å². The van der Waals surface area contributed by atoms with E-state index in [2.05, 4.69) is 72.8 Å². The van der Waals surface area contributed by atoms with Crippen molar-refractivity contribution in [3.63, 3.8) is 0 Å². The Morgan fingerprint density at radius 2 is 1.04 bits per heavy atom. The highest BCUT2D eigenvalue weighted by molar-refractivity contribution is 7.95. The van der Waals surface area contributed by atoms with Gasteiger partial charge >= 0.3 is 0 Å². The molecular weight excluding hydrogens is 313 g/mol. The highest BCUT2D eigenvalue weighted by Gasteiger charge is 2.44. The van der Waals surface area contributed by atoms with Crippen LogP contribution in [-0.4, -0.2) is 11.3 Å². The third kappa shape index (κ3) is 3.20. The van der Waals surface area contributed by atoms with Gasteiger partial charge in [-0.15, -0.1) is 0 Å². The van der Waals surface area contributed by atoms with Gasteiger partial charge in [0, 0.05) is 6.08 Å². The van der Waals surface area contributed by atoms with Gasteiger partial charge in [-0.25, -0.2) is 0 Å². The highest BCUT2D eigenvalue weighted by Crippen LogP contribution is 2.55. The quantitative estimate of drug-likeness (QED) is 0.555. The summed E-state index contributed by atoms with van der Waals surface area (Å²) in [5.74, 6) is -0.123. The van der Waals surface area contributed by atoms with Crippen molar-refractivity contribution in [1.29, 1.82) is 0 Å². The molecule has 0 aromatic heterocycles. The van der Waals surface area contributed by atoms with Crippen LogP contribution >= 0.6 is 7.26 Å². The second-order valence-electron chi connectivity index (χ2n) is 5.63. The van der Waals surface area contributed by atoms with Gasteiger partial charge in [-0.1, -0.05) is 54.6 Å². The number of hydrogen-bond acceptors (Lipinski definition) is 2. The molecule has 0 bridgehead atoms. The maximum atomic E-state index is 9.61. The molecule has 3 N–H and O–H groups in total. The van der Waals surface area contributed by atoms with E-state index in [1.165, 1.54) is 15.9 Å². The van der Waals surface area contributed by atoms with Gasteiger partial charge in [-0.05, 0) is 36.4 Å². The molecule has 0 saturated heterocycles. The topological polar surface area (TPSA) is 46.2 Å². The molecule has 0 amide bonds. The van der Waals surface area contributed by atoms with Crippen molar-refractivity contribution in [2.24, 2.45) is 5.73 Å². The average Bonchev–Trinajstić information content (AvgIpc) is 2.65. The summed E-state index contributed by atoms with van der Waals surface area (Å²) in [6.45, 7) is 0. The third-order valence-electron chi connectivity index (χ3n) is 4.17. The SMILES string of the molecule is N/C(O)=C/C[P+](c1ccccc1)(c1ccccc1)c1ccccc1. The Balaban J connectivity index is 2.30. The molecule has 0 atom stereocenters. The maximum Gasteiger partial charge on any atom is 0.180 e. The summed E-state index contributed by atoms with van der Waals surface area (Å²) >= 11 is 0. The van der Waals surface area contributed by atoms with Crippen LogP contribution in [0, 0.1) is 0 Å². The van der Waals surface area contributed by atoms with Crippen LogP contribution in [0.1, 0.15) is 0 Å². The first kappa shape index (κ1) is 16.3. The van der Waals surface area contributed by atoms with E-state index < -0.39 is 7.26 Å². The monoisotopic (exact) mass is 334 g/mol. The summed E-state index contributed by atoms with van der Waals surface area (Å²) in [6.07, 6.45) is 2.42. The molecule has 0 aliphatic rings. The zero-order valence-electron chi connectivity index (χ0n) is 13.4. The predicted molar refractivity (Wildman–Crippen MR) is 105 cm³/mol. The van der Waals surface area contributed by atoms with Gasteiger partial charge < -0.3 is 10.8 Å². The maximum absolute atomic E-state index is 9.61. The molecule has 120 valence electrons. The van der Waals surface area contributed by atoms with Crippen LogP contribution < -0.4 is 21.6 Å². The first-order valence-electron chi connectivity index (χ1n) is 7.93. The molecule has 3 aromatic rings. The van der Waals surface area contributed by atoms with E-state index in [9.17, 15) is 5.11 Å². The lowest BCUT2D eigenvalue weighted by molar-refractivity contribution is 0.405. The lowest BCUT2D eigenvalue weighted by Crippen LogP contribution is -2.33. The number of aliphatic hydroxyl groups excluding tert-OH is 1. The van der Waals surface area contributed by atoms with Gasteiger partial charge in [0.25, 0.3) is 0 Å². The van der Waals surface area contributed by atoms with Crippen LogP contribution in [0.2, 0.25) is 0 Å². The fourth-order valence-electron chi connectivity index (χ4n) is 3.04. The minimum atomic E-state index is -1.92. The summed E-state index contributed by atoms with van der Waals surface area (Å²) in [7, 11) is -1.92. The van der Waals surface area contributed by atoms with Gasteiger partial charge in [0.2, 0.25) is 0 Å². The van der Waals surface area contributed by atoms with Crippen LogP contribution in [0.5, 0.6) is 0 Å². The van der Waals surface area contributed by atoms with Crippen molar-refractivity contribution in [3.8, 4) is 0 Å². The van der Waals surface area contributed by atoms with E-state index in [1.807, 2.05) is 18.2 Å². The minimum Gasteiger partial charge on any atom is -0.495 e. The molecule has 0 heterocycles. The van der Waals surface area contributed by atoms with E-state index in [0.717, 1.165) is 0 Å². The summed E-state index contributed by atoms with van der Waals surface area (Å²) in [5, 5.41) is 13.4. The van der Waals surface area contributed by atoms with Crippen molar-refractivity contribution in [1.82, 2.24) is 0 Å². The molecule has 0 radical (unpaired) electrons. The second kappa shape index (κ2) is 7.33. The molecule has 0 aliphatic heterocycles. The Hall–Kier alpha value is -2.57. The first-order valence-corrected chi connectivity index (χ1v) is 9.90. The van der Waals surface area contributed by atoms with Crippen molar-refractivity contribution in [2.45, 2.75) is 0 Å². The van der Waals surface area contributed by atoms with Crippen molar-refractivity contribution < 1.29 is 5.11 Å². The standard InChI is InChI=1S/C21H20NOP/c22-21(23)16-17-24(18-10-4-1-5-11-18,19-12-6-2-7-13-19)20-14-8-3-9-15-20/h1-16H,17,22H2/p+1/b21-16-. The molecule has 3 heteroatoms. The lowest BCUT2D eigenvalue weighted by Gasteiger charge is -2.26. The van der Waals surface area contributed by atoms with E-state index in [4.69, 9.17) is 5.73 Å². The Labute approximate surface area is 143 Å². The fraction of sp³-hybridized carbons (Fsp3) is 0.0476. The largest absolute Gasteiger partial charge is 0.495 e. The summed E-state index contributed by atoms with van der Waals surface area (Å²) < 4.78 is 0. The number of hydrogen-bond donors (Lipinski definition) is 2. The molecule has 3 rings (SSSR count). The lowest BCUT2D eigenvalue weighted by atomic mass is 10.4. The normalized spacial score (nSPS) is 12.1. The van der Waals surface area contributed by atoms with E-state index in [-0.39, 0.29) is 5.88 Å². The number of benzene rings is 3. The van der Waals surface area contributed by atoms with Crippen molar-refractivity contribution >= 4 is 23.2 Å². The predicted octanol–water partition coefficient (Wildman–Crippen LogP) is 3.34. The average molecular weight is 334 g/mol. The molecule has 0 spiro atoms. The first-order chi connectivity index (χ1) is 11.7. The Kier molecular flexibility index (Phi) is 4.98. The number of allylic oxidation sites excluding steroid dienone is 1. The van der Waals surface area contributed by atoms with Gasteiger partial charge in [-0.2, -0.15) is 0 Å². The zero-order chi connectivity index (χ0) is 16.8. The Morgan fingerprint density at radius 3 is 1.33 bits per heavy atom. The Morgan fingerprint density at radius 1 is 0.708 bits per heavy atom. The fourth-order valence-corrected chi connectivity index (χ4v) is 7.07. The second-order valence-corrected chi connectivity index (χ2v) is 9.16. The van der Waals surface area contributed by atoms with Gasteiger partial charge in [0.15, 0.2) is 5.88 Å². The molecule has 3 aromatic carbocycles. The van der Waals surface area contributed by atoms with Crippen LogP contribution in [-0.2, 0) is 0 Å². The highest BCUT2D eigenvalue weighted by atomic mass is 31.2. The zero-order valence-corrected chi connectivity index (χ0v) is 14.3. The molecule has 0 fully saturated rings. The van der Waals surface area contributed by atoms with Crippen LogP contribution in [0.25, 0.3) is 0 Å². The number of aliphatic hydroxyl groups is 1. The smallest absolute Gasteiger partial charge is 0.180 e.